The number of ether oxygens (including phenoxy) is 5. The van der Waals surface area contributed by atoms with Crippen LogP contribution in [0, 0.1) is 5.92 Å². The lowest BCUT2D eigenvalue weighted by atomic mass is 9.98. The number of amides is 2. The van der Waals surface area contributed by atoms with Crippen molar-refractivity contribution in [2.75, 3.05) is 52.7 Å². The molecule has 0 aromatic rings. The maximum atomic E-state index is 12.3. The van der Waals surface area contributed by atoms with E-state index in [9.17, 15) is 28.8 Å². The van der Waals surface area contributed by atoms with E-state index >= 15 is 0 Å². The fourth-order valence-electron chi connectivity index (χ4n) is 4.01. The fraction of sp³-hybridized carbons (Fsp3) is 0.793. The van der Waals surface area contributed by atoms with Crippen LogP contribution >= 0.6 is 0 Å². The SMILES string of the molecule is CCOC(=O)C(CCCCNC(=O)OCCCN=[N+]=[N-])CC(=O)OCCOC(=O)NC(CCCCCC(=O)OCCCN=[N+]=[N-])C(C)=O. The molecule has 0 saturated carbocycles. The highest BCUT2D eigenvalue weighted by atomic mass is 16.6. The Morgan fingerprint density at radius 3 is 1.94 bits per heavy atom. The van der Waals surface area contributed by atoms with E-state index in [0.29, 0.717) is 64.3 Å². The smallest absolute Gasteiger partial charge is 0.407 e. The molecule has 0 spiro atoms. The van der Waals surface area contributed by atoms with E-state index in [2.05, 4.69) is 30.7 Å². The summed E-state index contributed by atoms with van der Waals surface area (Å²) in [5.41, 5.74) is 16.4. The molecule has 48 heavy (non-hydrogen) atoms. The number of nitrogens with zero attached hydrogens (tertiary/aromatic N) is 6. The van der Waals surface area contributed by atoms with Crippen molar-refractivity contribution in [1.82, 2.24) is 10.6 Å². The third-order valence-corrected chi connectivity index (χ3v) is 6.45. The van der Waals surface area contributed by atoms with Gasteiger partial charge in [-0.05, 0) is 63.4 Å². The largest absolute Gasteiger partial charge is 0.466 e. The summed E-state index contributed by atoms with van der Waals surface area (Å²) in [4.78, 5) is 77.4. The summed E-state index contributed by atoms with van der Waals surface area (Å²) in [5, 5.41) is 11.7. The van der Waals surface area contributed by atoms with Crippen LogP contribution in [-0.2, 0) is 42.9 Å². The third-order valence-electron chi connectivity index (χ3n) is 6.45. The number of carbonyl (C=O) groups is 6. The molecule has 0 fully saturated rings. The molecule has 2 atom stereocenters. The molecule has 0 aromatic heterocycles. The molecule has 270 valence electrons. The number of carbonyl (C=O) groups excluding carboxylic acids is 6. The highest BCUT2D eigenvalue weighted by Crippen LogP contribution is 2.16. The van der Waals surface area contributed by atoms with E-state index in [1.807, 2.05) is 0 Å². The van der Waals surface area contributed by atoms with Gasteiger partial charge in [-0.1, -0.05) is 29.5 Å². The van der Waals surface area contributed by atoms with Crippen molar-refractivity contribution in [3.63, 3.8) is 0 Å². The summed E-state index contributed by atoms with van der Waals surface area (Å²) >= 11 is 0. The monoisotopic (exact) mass is 684 g/mol. The highest BCUT2D eigenvalue weighted by molar-refractivity contribution is 5.85. The van der Waals surface area contributed by atoms with Gasteiger partial charge in [0.15, 0.2) is 5.78 Å². The Labute approximate surface area is 279 Å². The molecule has 2 amide bonds. The summed E-state index contributed by atoms with van der Waals surface area (Å²) in [6.07, 6.45) is 2.77. The van der Waals surface area contributed by atoms with Crippen molar-refractivity contribution in [2.24, 2.45) is 16.1 Å². The van der Waals surface area contributed by atoms with Gasteiger partial charge in [-0.15, -0.1) is 0 Å². The fourth-order valence-corrected chi connectivity index (χ4v) is 4.01. The summed E-state index contributed by atoms with van der Waals surface area (Å²) < 4.78 is 25.1. The molecule has 0 aliphatic rings. The van der Waals surface area contributed by atoms with E-state index in [4.69, 9.17) is 34.7 Å². The zero-order valence-electron chi connectivity index (χ0n) is 27.8. The topological polar surface area (TPSA) is 270 Å². The lowest BCUT2D eigenvalue weighted by molar-refractivity contribution is -0.155. The van der Waals surface area contributed by atoms with Gasteiger partial charge in [-0.25, -0.2) is 9.59 Å². The molecular formula is C29H48N8O11. The van der Waals surface area contributed by atoms with Crippen molar-refractivity contribution in [3.8, 4) is 0 Å². The van der Waals surface area contributed by atoms with Crippen LogP contribution in [-0.4, -0.2) is 94.6 Å². The van der Waals surface area contributed by atoms with Gasteiger partial charge >= 0.3 is 30.1 Å². The highest BCUT2D eigenvalue weighted by Gasteiger charge is 2.24. The Morgan fingerprint density at radius 1 is 0.688 bits per heavy atom. The van der Waals surface area contributed by atoms with Crippen molar-refractivity contribution >= 4 is 35.9 Å². The number of esters is 3. The van der Waals surface area contributed by atoms with Crippen LogP contribution in [0.4, 0.5) is 9.59 Å². The number of ketones is 1. The summed E-state index contributed by atoms with van der Waals surface area (Å²) in [6, 6.07) is -0.783. The van der Waals surface area contributed by atoms with Gasteiger partial charge < -0.3 is 34.3 Å². The Morgan fingerprint density at radius 2 is 1.29 bits per heavy atom. The van der Waals surface area contributed by atoms with E-state index < -0.39 is 36.1 Å². The second kappa shape index (κ2) is 29.6. The molecular weight excluding hydrogens is 636 g/mol. The number of rotatable bonds is 28. The number of hydrogen-bond donors (Lipinski definition) is 2. The van der Waals surface area contributed by atoms with Gasteiger partial charge in [0.05, 0.1) is 38.2 Å². The van der Waals surface area contributed by atoms with Crippen molar-refractivity contribution in [1.29, 1.82) is 0 Å². The number of hydrogen-bond acceptors (Lipinski definition) is 13. The maximum Gasteiger partial charge on any atom is 0.407 e. The Balaban J connectivity index is 4.30. The molecule has 2 unspecified atom stereocenters. The quantitative estimate of drug-likeness (QED) is 0.0287. The average Bonchev–Trinajstić information content (AvgIpc) is 3.05. The van der Waals surface area contributed by atoms with E-state index in [1.54, 1.807) is 6.92 Å². The molecule has 0 saturated heterocycles. The van der Waals surface area contributed by atoms with Gasteiger partial charge in [0.2, 0.25) is 0 Å². The van der Waals surface area contributed by atoms with E-state index in [1.165, 1.54) is 6.92 Å². The normalized spacial score (nSPS) is 11.4. The lowest BCUT2D eigenvalue weighted by Gasteiger charge is -2.16. The summed E-state index contributed by atoms with van der Waals surface area (Å²) in [5.74, 6) is -2.62. The standard InChI is InChI=1S/C29H48N8O11/c1-3-44-27(41)23(11-7-8-14-32-28(42)47-18-10-16-34-37-31)21-26(40)46-19-20-48-29(43)35-24(22(2)38)12-5-4-6-13-25(39)45-17-9-15-33-36-30/h23-24H,3-21H2,1-2H3,(H,32,42)(H,35,43). The first-order valence-corrected chi connectivity index (χ1v) is 16.0. The first kappa shape index (κ1) is 43.2. The minimum absolute atomic E-state index is 0.111. The predicted molar refractivity (Wildman–Crippen MR) is 169 cm³/mol. The van der Waals surface area contributed by atoms with Crippen molar-refractivity contribution in [2.45, 2.75) is 90.5 Å². The van der Waals surface area contributed by atoms with Crippen molar-refractivity contribution < 1.29 is 52.5 Å². The third kappa shape index (κ3) is 25.4. The maximum absolute atomic E-state index is 12.3. The van der Waals surface area contributed by atoms with Crippen LogP contribution in [0.3, 0.4) is 0 Å². The minimum Gasteiger partial charge on any atom is -0.466 e. The van der Waals surface area contributed by atoms with Gasteiger partial charge in [0.25, 0.3) is 0 Å². The molecule has 2 N–H and O–H groups in total. The van der Waals surface area contributed by atoms with Gasteiger partial charge in [-0.2, -0.15) is 0 Å². The molecule has 0 heterocycles. The number of Topliss-reactive ketones (excluding diaryl/α,β-unsaturated/α-hetero) is 1. The molecule has 0 radical (unpaired) electrons. The van der Waals surface area contributed by atoms with Crippen molar-refractivity contribution in [3.05, 3.63) is 20.9 Å². The Bertz CT molecular complexity index is 1100. The summed E-state index contributed by atoms with van der Waals surface area (Å²) in [6.45, 7) is 3.64. The minimum atomic E-state index is -0.856. The predicted octanol–water partition coefficient (Wildman–Crippen LogP) is 4.57. The lowest BCUT2D eigenvalue weighted by Crippen LogP contribution is -2.40. The molecule has 19 heteroatoms. The molecule has 0 aliphatic carbocycles. The van der Waals surface area contributed by atoms with Gasteiger partial charge in [-0.3, -0.25) is 19.2 Å². The molecule has 0 bridgehead atoms. The second-order valence-corrected chi connectivity index (χ2v) is 10.3. The van der Waals surface area contributed by atoms with E-state index in [0.717, 1.165) is 0 Å². The van der Waals surface area contributed by atoms with Crippen LogP contribution in [0.1, 0.15) is 84.5 Å². The number of alkyl carbamates (subject to hydrolysis) is 2. The summed E-state index contributed by atoms with van der Waals surface area (Å²) in [7, 11) is 0. The van der Waals surface area contributed by atoms with Crippen LogP contribution in [0.15, 0.2) is 10.2 Å². The second-order valence-electron chi connectivity index (χ2n) is 10.3. The van der Waals surface area contributed by atoms with Crippen LogP contribution < -0.4 is 10.6 Å². The first-order chi connectivity index (χ1) is 23.1. The van der Waals surface area contributed by atoms with Crippen LogP contribution in [0.25, 0.3) is 20.9 Å². The van der Waals surface area contributed by atoms with Crippen LogP contribution in [0.5, 0.6) is 0 Å². The number of unbranched alkanes of at least 4 members (excludes halogenated alkanes) is 3. The average molecular weight is 685 g/mol. The molecule has 0 rings (SSSR count). The molecule has 0 aromatic carbocycles. The Kier molecular flexibility index (Phi) is 26.7. The Hall–Kier alpha value is -4.76. The molecule has 19 nitrogen and oxygen atoms in total. The first-order valence-electron chi connectivity index (χ1n) is 16.0. The number of nitrogens with one attached hydrogen (secondary N) is 2. The zero-order chi connectivity index (χ0) is 35.8. The zero-order valence-corrected chi connectivity index (χ0v) is 27.8. The van der Waals surface area contributed by atoms with Gasteiger partial charge in [0.1, 0.15) is 13.2 Å². The van der Waals surface area contributed by atoms with Crippen LogP contribution in [0.2, 0.25) is 0 Å². The van der Waals surface area contributed by atoms with E-state index in [-0.39, 0.29) is 70.7 Å². The van der Waals surface area contributed by atoms with Gasteiger partial charge in [0, 0.05) is 35.9 Å². The number of azide groups is 2. The molecule has 0 aliphatic heterocycles.